The van der Waals surface area contributed by atoms with Crippen LogP contribution in [-0.2, 0) is 4.79 Å². The Balaban J connectivity index is 1.54. The summed E-state index contributed by atoms with van der Waals surface area (Å²) in [6.45, 7) is 7.76. The number of likely N-dealkylation sites (tertiary alicyclic amines) is 1. The van der Waals surface area contributed by atoms with Gasteiger partial charge in [-0.3, -0.25) is 4.79 Å². The van der Waals surface area contributed by atoms with E-state index in [1.165, 1.54) is 23.4 Å². The molecular weight excluding hydrogens is 478 g/mol. The molecule has 1 aromatic heterocycles. The first-order valence-electron chi connectivity index (χ1n) is 11.7. The number of aryl methyl sites for hydroxylation is 1. The monoisotopic (exact) mass is 507 g/mol. The standard InChI is InChI=1S/C27H30ClN5O3/c1-5-25(34)30-19-7-6-8-20(14-19)36-26-22(28)16-29-27(32-26)31-23-13-17(2)21(15-24(23)35-4)18-9-11-33(3)12-10-18/h5-8,13-16,18H,1,9-12H2,2-4H3,(H,30,34)(H,29,31,32). The van der Waals surface area contributed by atoms with Gasteiger partial charge >= 0.3 is 0 Å². The summed E-state index contributed by atoms with van der Waals surface area (Å²) in [4.78, 5) is 22.7. The predicted molar refractivity (Wildman–Crippen MR) is 143 cm³/mol. The summed E-state index contributed by atoms with van der Waals surface area (Å²) in [6, 6.07) is 11.1. The quantitative estimate of drug-likeness (QED) is 0.366. The summed E-state index contributed by atoms with van der Waals surface area (Å²) in [6.07, 6.45) is 4.93. The first-order chi connectivity index (χ1) is 17.4. The van der Waals surface area contributed by atoms with Gasteiger partial charge in [0.25, 0.3) is 0 Å². The van der Waals surface area contributed by atoms with Crippen molar-refractivity contribution in [2.45, 2.75) is 25.7 Å². The fraction of sp³-hybridized carbons (Fsp3) is 0.296. The summed E-state index contributed by atoms with van der Waals surface area (Å²) in [5.41, 5.74) is 3.83. The van der Waals surface area contributed by atoms with E-state index in [0.29, 0.717) is 23.3 Å². The number of carbonyl (C=O) groups is 1. The molecule has 1 aliphatic rings. The van der Waals surface area contributed by atoms with Crippen LogP contribution in [0.15, 0.2) is 55.3 Å². The number of nitrogens with zero attached hydrogens (tertiary/aromatic N) is 3. The number of hydrogen-bond donors (Lipinski definition) is 2. The first kappa shape index (κ1) is 25.5. The normalized spacial score (nSPS) is 14.2. The van der Waals surface area contributed by atoms with Crippen molar-refractivity contribution in [1.29, 1.82) is 0 Å². The lowest BCUT2D eigenvalue weighted by Gasteiger charge is -2.30. The van der Waals surface area contributed by atoms with E-state index in [2.05, 4.69) is 58.2 Å². The van der Waals surface area contributed by atoms with Gasteiger partial charge in [0.15, 0.2) is 0 Å². The van der Waals surface area contributed by atoms with Crippen molar-refractivity contribution in [2.75, 3.05) is 37.9 Å². The molecule has 1 amide bonds. The third kappa shape index (κ3) is 6.13. The maximum absolute atomic E-state index is 11.6. The molecule has 36 heavy (non-hydrogen) atoms. The number of hydrogen-bond acceptors (Lipinski definition) is 7. The maximum atomic E-state index is 11.6. The van der Waals surface area contributed by atoms with Crippen molar-refractivity contribution in [3.63, 3.8) is 0 Å². The van der Waals surface area contributed by atoms with Gasteiger partial charge in [-0.2, -0.15) is 4.98 Å². The Hall–Kier alpha value is -3.62. The van der Waals surface area contributed by atoms with E-state index in [0.717, 1.165) is 37.4 Å². The molecule has 1 aliphatic heterocycles. The van der Waals surface area contributed by atoms with Crippen LogP contribution in [-0.4, -0.2) is 48.0 Å². The summed E-state index contributed by atoms with van der Waals surface area (Å²) >= 11 is 6.31. The number of anilines is 3. The number of amides is 1. The van der Waals surface area contributed by atoms with Gasteiger partial charge in [-0.05, 0) is 87.3 Å². The molecule has 4 rings (SSSR count). The highest BCUT2D eigenvalue weighted by molar-refractivity contribution is 6.31. The summed E-state index contributed by atoms with van der Waals surface area (Å²) in [7, 11) is 3.82. The number of piperidine rings is 1. The van der Waals surface area contributed by atoms with Crippen molar-refractivity contribution >= 4 is 34.8 Å². The largest absolute Gasteiger partial charge is 0.495 e. The molecule has 0 atom stereocenters. The summed E-state index contributed by atoms with van der Waals surface area (Å²) in [5, 5.41) is 6.18. The lowest BCUT2D eigenvalue weighted by molar-refractivity contribution is -0.111. The number of carbonyl (C=O) groups excluding carboxylic acids is 1. The van der Waals surface area contributed by atoms with Crippen LogP contribution in [0.3, 0.4) is 0 Å². The Bertz CT molecular complexity index is 1260. The second-order valence-corrected chi connectivity index (χ2v) is 9.19. The molecule has 2 heterocycles. The number of rotatable bonds is 8. The van der Waals surface area contributed by atoms with E-state index in [1.54, 1.807) is 31.4 Å². The molecular formula is C27H30ClN5O3. The van der Waals surface area contributed by atoms with E-state index >= 15 is 0 Å². The van der Waals surface area contributed by atoms with Gasteiger partial charge in [-0.1, -0.05) is 24.2 Å². The van der Waals surface area contributed by atoms with Gasteiger partial charge < -0.3 is 25.0 Å². The van der Waals surface area contributed by atoms with Crippen LogP contribution in [0.2, 0.25) is 5.02 Å². The van der Waals surface area contributed by atoms with Crippen molar-refractivity contribution in [1.82, 2.24) is 14.9 Å². The van der Waals surface area contributed by atoms with Crippen molar-refractivity contribution < 1.29 is 14.3 Å². The Morgan fingerprint density at radius 1 is 1.25 bits per heavy atom. The minimum absolute atomic E-state index is 0.181. The molecule has 1 fully saturated rings. The van der Waals surface area contributed by atoms with Gasteiger partial charge in [0.2, 0.25) is 17.7 Å². The summed E-state index contributed by atoms with van der Waals surface area (Å²) < 4.78 is 11.6. The minimum Gasteiger partial charge on any atom is -0.495 e. The van der Waals surface area contributed by atoms with Gasteiger partial charge in [0.1, 0.15) is 16.5 Å². The average Bonchev–Trinajstić information content (AvgIpc) is 2.87. The Morgan fingerprint density at radius 3 is 2.75 bits per heavy atom. The molecule has 3 aromatic rings. The molecule has 9 heteroatoms. The molecule has 0 saturated carbocycles. The van der Waals surface area contributed by atoms with Gasteiger partial charge in [-0.15, -0.1) is 0 Å². The van der Waals surface area contributed by atoms with E-state index < -0.39 is 0 Å². The lowest BCUT2D eigenvalue weighted by Crippen LogP contribution is -2.29. The highest BCUT2D eigenvalue weighted by Gasteiger charge is 2.22. The van der Waals surface area contributed by atoms with Crippen LogP contribution in [0.5, 0.6) is 17.4 Å². The van der Waals surface area contributed by atoms with Crippen LogP contribution in [0.25, 0.3) is 0 Å². The van der Waals surface area contributed by atoms with E-state index in [9.17, 15) is 4.79 Å². The average molecular weight is 508 g/mol. The topological polar surface area (TPSA) is 88.6 Å². The van der Waals surface area contributed by atoms with E-state index in [1.807, 2.05) is 0 Å². The second kappa shape index (κ2) is 11.4. The SMILES string of the molecule is C=CC(=O)Nc1cccc(Oc2nc(Nc3cc(C)c(C4CCN(C)CC4)cc3OC)ncc2Cl)c1. The number of benzene rings is 2. The molecule has 188 valence electrons. The Kier molecular flexibility index (Phi) is 8.07. The molecule has 0 bridgehead atoms. The number of ether oxygens (including phenoxy) is 2. The molecule has 2 N–H and O–H groups in total. The van der Waals surface area contributed by atoms with Crippen LogP contribution in [0.1, 0.15) is 29.9 Å². The highest BCUT2D eigenvalue weighted by atomic mass is 35.5. The lowest BCUT2D eigenvalue weighted by atomic mass is 9.86. The zero-order chi connectivity index (χ0) is 25.7. The summed E-state index contributed by atoms with van der Waals surface area (Å²) in [5.74, 6) is 1.88. The smallest absolute Gasteiger partial charge is 0.247 e. The number of aromatic nitrogens is 2. The molecule has 1 saturated heterocycles. The number of methoxy groups -OCH3 is 1. The van der Waals surface area contributed by atoms with Crippen molar-refractivity contribution in [3.8, 4) is 17.4 Å². The van der Waals surface area contributed by atoms with E-state index in [4.69, 9.17) is 21.1 Å². The zero-order valence-electron chi connectivity index (χ0n) is 20.7. The molecule has 0 spiro atoms. The molecule has 2 aromatic carbocycles. The van der Waals surface area contributed by atoms with Crippen LogP contribution >= 0.6 is 11.6 Å². The van der Waals surface area contributed by atoms with E-state index in [-0.39, 0.29) is 16.8 Å². The molecule has 8 nitrogen and oxygen atoms in total. The fourth-order valence-electron chi connectivity index (χ4n) is 4.28. The Labute approximate surface area is 216 Å². The van der Waals surface area contributed by atoms with Crippen LogP contribution < -0.4 is 20.1 Å². The van der Waals surface area contributed by atoms with Crippen molar-refractivity contribution in [2.24, 2.45) is 0 Å². The zero-order valence-corrected chi connectivity index (χ0v) is 21.4. The molecule has 0 unspecified atom stereocenters. The molecule has 0 aliphatic carbocycles. The first-order valence-corrected chi connectivity index (χ1v) is 12.1. The third-order valence-corrected chi connectivity index (χ3v) is 6.47. The fourth-order valence-corrected chi connectivity index (χ4v) is 4.41. The van der Waals surface area contributed by atoms with Gasteiger partial charge in [0.05, 0.1) is 19.0 Å². The minimum atomic E-state index is -0.315. The van der Waals surface area contributed by atoms with Crippen LogP contribution in [0, 0.1) is 6.92 Å². The van der Waals surface area contributed by atoms with Crippen molar-refractivity contribution in [3.05, 3.63) is 71.4 Å². The van der Waals surface area contributed by atoms with Crippen LogP contribution in [0.4, 0.5) is 17.3 Å². The van der Waals surface area contributed by atoms with Gasteiger partial charge in [0, 0.05) is 11.8 Å². The predicted octanol–water partition coefficient (Wildman–Crippen LogP) is 5.92. The number of halogens is 1. The second-order valence-electron chi connectivity index (χ2n) is 8.78. The van der Waals surface area contributed by atoms with Gasteiger partial charge in [-0.25, -0.2) is 4.98 Å². The highest BCUT2D eigenvalue weighted by Crippen LogP contribution is 2.37. The number of nitrogens with one attached hydrogen (secondary N) is 2. The molecule has 0 radical (unpaired) electrons. The Morgan fingerprint density at radius 2 is 2.03 bits per heavy atom. The third-order valence-electron chi connectivity index (χ3n) is 6.21. The maximum Gasteiger partial charge on any atom is 0.247 e.